The van der Waals surface area contributed by atoms with Crippen molar-refractivity contribution in [2.24, 2.45) is 11.3 Å². The summed E-state index contributed by atoms with van der Waals surface area (Å²) in [6.07, 6.45) is 7.40. The molecule has 4 unspecified atom stereocenters. The number of sulfonamides is 1. The lowest BCUT2D eigenvalue weighted by molar-refractivity contribution is -0.384. The lowest BCUT2D eigenvalue weighted by Gasteiger charge is -2.39. The number of carbonyl (C=O) groups is 1. The highest BCUT2D eigenvalue weighted by Gasteiger charge is 2.43. The molecule has 4 atom stereocenters. The number of hydrogen-bond donors (Lipinski definition) is 4. The smallest absolute Gasteiger partial charge is 0.293 e. The second-order valence-corrected chi connectivity index (χ2v) is 20.9. The van der Waals surface area contributed by atoms with Gasteiger partial charge in [0.25, 0.3) is 21.6 Å². The van der Waals surface area contributed by atoms with Gasteiger partial charge < -0.3 is 19.9 Å². The minimum absolute atomic E-state index is 0.0246. The van der Waals surface area contributed by atoms with E-state index in [-0.39, 0.29) is 57.4 Å². The number of nitro benzene ring substituents is 1. The summed E-state index contributed by atoms with van der Waals surface area (Å²) in [5, 5.41) is 16.2. The molecule has 0 aromatic heterocycles. The number of piperidine rings is 1. The van der Waals surface area contributed by atoms with Crippen molar-refractivity contribution in [3.8, 4) is 5.75 Å². The molecule has 0 radical (unpaired) electrons. The Morgan fingerprint density at radius 2 is 1.71 bits per heavy atom. The molecule has 3 aromatic carbocycles. The van der Waals surface area contributed by atoms with Gasteiger partial charge in [0.1, 0.15) is 17.5 Å². The van der Waals surface area contributed by atoms with Crippen LogP contribution in [0.2, 0.25) is 5.02 Å². The number of anilines is 2. The number of carbonyl (C=O) groups excluding carboxylic acids is 1. The third-order valence-electron chi connectivity index (χ3n) is 13.8. The lowest BCUT2D eigenvalue weighted by atomic mass is 9.72. The molecular formula is C46H61ClN8O6S. The van der Waals surface area contributed by atoms with Gasteiger partial charge in [0.15, 0.2) is 0 Å². The number of halogens is 1. The maximum atomic E-state index is 14.1. The SMILES string of the molecule is CC1NNC2CCCC(Oc3cc(N4CCN(CC5=C(c6ccc(Cl)cc6)CC(C)(C)CC5)CC4)ccc3C(=O)NS(=O)(=O)c3ccc(NC4CCN(C)CC4)c([N+](=O)[O-])c3)C12. The van der Waals surface area contributed by atoms with E-state index >= 15 is 0 Å². The number of fused-ring (bicyclic) bond motifs is 1. The van der Waals surface area contributed by atoms with Crippen molar-refractivity contribution in [3.05, 3.63) is 92.5 Å². The molecule has 4 fully saturated rings. The number of likely N-dealkylation sites (tertiary alicyclic amines) is 1. The molecular weight excluding hydrogens is 828 g/mol. The second-order valence-electron chi connectivity index (χ2n) is 18.8. The molecule has 62 heavy (non-hydrogen) atoms. The highest BCUT2D eigenvalue weighted by molar-refractivity contribution is 7.90. The van der Waals surface area contributed by atoms with Crippen LogP contribution in [0, 0.1) is 21.4 Å². The largest absolute Gasteiger partial charge is 0.489 e. The summed E-state index contributed by atoms with van der Waals surface area (Å²) in [7, 11) is -2.48. The van der Waals surface area contributed by atoms with Crippen LogP contribution >= 0.6 is 11.6 Å². The minimum atomic E-state index is -4.51. The zero-order valence-corrected chi connectivity index (χ0v) is 37.9. The van der Waals surface area contributed by atoms with Gasteiger partial charge >= 0.3 is 0 Å². The third-order valence-corrected chi connectivity index (χ3v) is 15.4. The first-order valence-electron chi connectivity index (χ1n) is 22.2. The molecule has 1 amide bonds. The van der Waals surface area contributed by atoms with Gasteiger partial charge in [-0.05, 0) is 131 Å². The monoisotopic (exact) mass is 888 g/mol. The summed E-state index contributed by atoms with van der Waals surface area (Å²) in [5.74, 6) is -0.403. The molecule has 3 aromatic rings. The van der Waals surface area contributed by atoms with Crippen LogP contribution in [-0.4, -0.2) is 106 Å². The average Bonchev–Trinajstić information content (AvgIpc) is 3.63. The second kappa shape index (κ2) is 18.5. The van der Waals surface area contributed by atoms with Crippen LogP contribution in [0.15, 0.2) is 71.1 Å². The van der Waals surface area contributed by atoms with Crippen molar-refractivity contribution < 1.29 is 22.9 Å². The van der Waals surface area contributed by atoms with Crippen molar-refractivity contribution in [1.29, 1.82) is 0 Å². The zero-order chi connectivity index (χ0) is 43.8. The van der Waals surface area contributed by atoms with E-state index < -0.39 is 20.9 Å². The van der Waals surface area contributed by atoms with Gasteiger partial charge in [-0.15, -0.1) is 0 Å². The minimum Gasteiger partial charge on any atom is -0.489 e. The fourth-order valence-corrected chi connectivity index (χ4v) is 11.2. The van der Waals surface area contributed by atoms with Crippen LogP contribution < -0.4 is 30.5 Å². The number of nitrogens with zero attached hydrogens (tertiary/aromatic N) is 4. The van der Waals surface area contributed by atoms with E-state index in [4.69, 9.17) is 16.3 Å². The Balaban J connectivity index is 1.01. The van der Waals surface area contributed by atoms with E-state index in [1.165, 1.54) is 28.8 Å². The molecule has 334 valence electrons. The Kier molecular flexibility index (Phi) is 13.2. The van der Waals surface area contributed by atoms with Crippen molar-refractivity contribution in [3.63, 3.8) is 0 Å². The molecule has 3 saturated heterocycles. The molecule has 14 nitrogen and oxygen atoms in total. The van der Waals surface area contributed by atoms with Crippen LogP contribution in [0.5, 0.6) is 5.75 Å². The van der Waals surface area contributed by atoms with Crippen LogP contribution in [0.3, 0.4) is 0 Å². The highest BCUT2D eigenvalue weighted by atomic mass is 35.5. The van der Waals surface area contributed by atoms with Gasteiger partial charge in [0.2, 0.25) is 0 Å². The Morgan fingerprint density at radius 3 is 2.44 bits per heavy atom. The fraction of sp³-hybridized carbons (Fsp3) is 0.543. The Hall–Kier alpha value is -4.25. The van der Waals surface area contributed by atoms with E-state index in [1.54, 1.807) is 6.07 Å². The van der Waals surface area contributed by atoms with Crippen molar-refractivity contribution in [2.75, 3.05) is 63.1 Å². The zero-order valence-electron chi connectivity index (χ0n) is 36.3. The van der Waals surface area contributed by atoms with Crippen LogP contribution in [0.1, 0.15) is 88.1 Å². The Labute approximate surface area is 370 Å². The highest BCUT2D eigenvalue weighted by Crippen LogP contribution is 2.44. The van der Waals surface area contributed by atoms with Crippen molar-refractivity contribution in [1.82, 2.24) is 25.4 Å². The number of piperazine rings is 1. The molecule has 3 heterocycles. The summed E-state index contributed by atoms with van der Waals surface area (Å²) in [6, 6.07) is 17.7. The van der Waals surface area contributed by atoms with E-state index in [2.05, 4.69) is 68.5 Å². The van der Waals surface area contributed by atoms with Gasteiger partial charge in [-0.1, -0.05) is 43.2 Å². The van der Waals surface area contributed by atoms with E-state index in [9.17, 15) is 23.3 Å². The third kappa shape index (κ3) is 10.1. The molecule has 5 aliphatic rings. The average molecular weight is 890 g/mol. The number of hydrazine groups is 1. The predicted molar refractivity (Wildman–Crippen MR) is 244 cm³/mol. The normalized spacial score (nSPS) is 25.0. The van der Waals surface area contributed by atoms with E-state index in [1.807, 2.05) is 31.3 Å². The van der Waals surface area contributed by atoms with Gasteiger partial charge in [0.05, 0.1) is 15.4 Å². The first-order chi connectivity index (χ1) is 29.6. The molecule has 8 rings (SSSR count). The maximum absolute atomic E-state index is 14.1. The molecule has 4 N–H and O–H groups in total. The lowest BCUT2D eigenvalue weighted by Crippen LogP contribution is -2.47. The number of amides is 1. The molecule has 2 aliphatic carbocycles. The number of rotatable bonds is 12. The summed E-state index contributed by atoms with van der Waals surface area (Å²) in [6.45, 7) is 12.7. The molecule has 1 saturated carbocycles. The van der Waals surface area contributed by atoms with Crippen molar-refractivity contribution in [2.45, 2.75) is 101 Å². The maximum Gasteiger partial charge on any atom is 0.293 e. The van der Waals surface area contributed by atoms with Crippen LogP contribution in [-0.2, 0) is 10.0 Å². The first-order valence-corrected chi connectivity index (χ1v) is 24.1. The topological polar surface area (TPSA) is 161 Å². The first kappa shape index (κ1) is 44.4. The number of nitrogens with one attached hydrogen (secondary N) is 4. The Morgan fingerprint density at radius 1 is 0.968 bits per heavy atom. The standard InChI is InChI=1S/C46H61ClN8O6S/c1-30-44-40(50-49-30)6-5-7-42(44)61-43-26-35(54-24-22-53(23-25-54)29-32-16-19-46(2,3)28-38(32)31-8-10-33(47)11-9-31)12-14-37(43)45(56)51-62(59,60)36-13-15-39(41(27-36)55(57)58)48-34-17-20-52(4)21-18-34/h8-15,26-27,30,34,40,42,44,48-50H,5-7,16-25,28-29H2,1-4H3,(H,51,56). The molecule has 16 heteroatoms. The number of allylic oxidation sites excluding steroid dienone is 1. The van der Waals surface area contributed by atoms with Crippen molar-refractivity contribution >= 4 is 50.2 Å². The van der Waals surface area contributed by atoms with E-state index in [0.29, 0.717) is 5.75 Å². The summed E-state index contributed by atoms with van der Waals surface area (Å²) in [4.78, 5) is 32.3. The quantitative estimate of drug-likeness (QED) is 0.108. The van der Waals surface area contributed by atoms with Gasteiger partial charge in [-0.25, -0.2) is 13.1 Å². The number of ether oxygens (including phenoxy) is 1. The fourth-order valence-electron chi connectivity index (χ4n) is 10.1. The summed E-state index contributed by atoms with van der Waals surface area (Å²) in [5.41, 5.74) is 12.0. The molecule has 3 aliphatic heterocycles. The summed E-state index contributed by atoms with van der Waals surface area (Å²) < 4.78 is 36.6. The number of nitro groups is 1. The predicted octanol–water partition coefficient (Wildman–Crippen LogP) is 7.07. The number of benzene rings is 3. The van der Waals surface area contributed by atoms with Crippen LogP contribution in [0.25, 0.3) is 5.57 Å². The van der Waals surface area contributed by atoms with Gasteiger partial charge in [-0.3, -0.25) is 30.7 Å². The molecule has 0 bridgehead atoms. The van der Waals surface area contributed by atoms with Gasteiger partial charge in [-0.2, -0.15) is 0 Å². The Bertz CT molecular complexity index is 2270. The number of hydrogen-bond acceptors (Lipinski definition) is 12. The van der Waals surface area contributed by atoms with Crippen LogP contribution in [0.4, 0.5) is 17.1 Å². The molecule has 0 spiro atoms. The summed E-state index contributed by atoms with van der Waals surface area (Å²) >= 11 is 6.26. The van der Waals surface area contributed by atoms with E-state index in [0.717, 1.165) is 114 Å². The van der Waals surface area contributed by atoms with Gasteiger partial charge in [0, 0.05) is 79.6 Å².